The van der Waals surface area contributed by atoms with Crippen LogP contribution in [0.1, 0.15) is 50.5 Å². The summed E-state index contributed by atoms with van der Waals surface area (Å²) in [6.07, 6.45) is 8.03. The van der Waals surface area contributed by atoms with Gasteiger partial charge in [-0.05, 0) is 92.5 Å². The summed E-state index contributed by atoms with van der Waals surface area (Å²) in [7, 11) is 0. The van der Waals surface area contributed by atoms with E-state index in [0.29, 0.717) is 12.1 Å². The number of aryl methyl sites for hydroxylation is 1. The fraction of sp³-hybridized carbons (Fsp3) is 0.600. The molecule has 4 aliphatic rings. The van der Waals surface area contributed by atoms with Crippen molar-refractivity contribution in [2.45, 2.75) is 51.9 Å². The summed E-state index contributed by atoms with van der Waals surface area (Å²) < 4.78 is 0. The first kappa shape index (κ1) is 18.3. The van der Waals surface area contributed by atoms with Crippen LogP contribution < -0.4 is 10.6 Å². The van der Waals surface area contributed by atoms with Gasteiger partial charge in [-0.15, -0.1) is 0 Å². The van der Waals surface area contributed by atoms with Gasteiger partial charge < -0.3 is 10.6 Å². The molecule has 0 aliphatic heterocycles. The third kappa shape index (κ3) is 3.83. The highest BCUT2D eigenvalue weighted by Gasteiger charge is 2.51. The first-order valence-corrected chi connectivity index (χ1v) is 10.1. The van der Waals surface area contributed by atoms with E-state index >= 15 is 0 Å². The standard InChI is InChI=1S/C20H25N3O3S/c1-12-2-3-16(17(4-12)23(25)26)21-19(27)22-18(24)11-20-8-13-5-14(9-20)7-15(6-13)10-20/h2-4,13-15H,5-11H2,1H3,(H2,21,22,24,27). The van der Waals surface area contributed by atoms with Crippen LogP contribution in [0.25, 0.3) is 0 Å². The zero-order chi connectivity index (χ0) is 19.2. The number of nitrogens with one attached hydrogen (secondary N) is 2. The van der Waals surface area contributed by atoms with Crippen molar-refractivity contribution < 1.29 is 9.72 Å². The second-order valence-corrected chi connectivity index (χ2v) is 9.28. The number of thiocarbonyl (C=S) groups is 1. The molecule has 0 radical (unpaired) electrons. The molecule has 1 amide bonds. The molecule has 6 nitrogen and oxygen atoms in total. The Morgan fingerprint density at radius 3 is 2.37 bits per heavy atom. The highest BCUT2D eigenvalue weighted by Crippen LogP contribution is 2.61. The van der Waals surface area contributed by atoms with E-state index < -0.39 is 4.92 Å². The van der Waals surface area contributed by atoms with Crippen LogP contribution in [-0.2, 0) is 4.79 Å². The number of anilines is 1. The maximum Gasteiger partial charge on any atom is 0.292 e. The number of carbonyl (C=O) groups excluding carboxylic acids is 1. The van der Waals surface area contributed by atoms with E-state index in [1.165, 1.54) is 25.3 Å². The maximum atomic E-state index is 12.6. The second kappa shape index (κ2) is 6.86. The van der Waals surface area contributed by atoms with Crippen LogP contribution in [-0.4, -0.2) is 15.9 Å². The predicted molar refractivity (Wildman–Crippen MR) is 107 cm³/mol. The quantitative estimate of drug-likeness (QED) is 0.456. The summed E-state index contributed by atoms with van der Waals surface area (Å²) in [4.78, 5) is 23.4. The van der Waals surface area contributed by atoms with Crippen molar-refractivity contribution in [1.82, 2.24) is 5.32 Å². The Morgan fingerprint density at radius 2 is 1.81 bits per heavy atom. The minimum absolute atomic E-state index is 0.0484. The van der Waals surface area contributed by atoms with Crippen molar-refractivity contribution in [3.05, 3.63) is 33.9 Å². The fourth-order valence-electron chi connectivity index (χ4n) is 6.07. The number of nitro groups is 1. The van der Waals surface area contributed by atoms with E-state index in [2.05, 4.69) is 10.6 Å². The van der Waals surface area contributed by atoms with Crippen molar-refractivity contribution in [2.24, 2.45) is 23.2 Å². The molecule has 1 aromatic carbocycles. The van der Waals surface area contributed by atoms with E-state index in [-0.39, 0.29) is 22.1 Å². The molecule has 0 atom stereocenters. The molecule has 144 valence electrons. The number of nitrogens with zero attached hydrogens (tertiary/aromatic N) is 1. The van der Waals surface area contributed by atoms with E-state index in [0.717, 1.165) is 42.6 Å². The van der Waals surface area contributed by atoms with Crippen molar-refractivity contribution in [3.63, 3.8) is 0 Å². The van der Waals surface area contributed by atoms with E-state index in [1.54, 1.807) is 19.1 Å². The van der Waals surface area contributed by atoms with Gasteiger partial charge in [-0.3, -0.25) is 14.9 Å². The number of benzene rings is 1. The Morgan fingerprint density at radius 1 is 1.22 bits per heavy atom. The summed E-state index contributed by atoms with van der Waals surface area (Å²) >= 11 is 5.24. The van der Waals surface area contributed by atoms with E-state index in [1.807, 2.05) is 0 Å². The van der Waals surface area contributed by atoms with Gasteiger partial charge in [-0.1, -0.05) is 6.07 Å². The summed E-state index contributed by atoms with van der Waals surface area (Å²) in [6.45, 7) is 1.79. The minimum atomic E-state index is -0.449. The van der Waals surface area contributed by atoms with Crippen LogP contribution in [0.5, 0.6) is 0 Å². The normalized spacial score (nSPS) is 30.8. The Kier molecular flexibility index (Phi) is 4.66. The molecule has 0 unspecified atom stereocenters. The Bertz CT molecular complexity index is 772. The summed E-state index contributed by atoms with van der Waals surface area (Å²) in [6, 6.07) is 4.88. The lowest BCUT2D eigenvalue weighted by molar-refractivity contribution is -0.383. The monoisotopic (exact) mass is 387 g/mol. The third-order valence-corrected chi connectivity index (χ3v) is 6.76. The highest BCUT2D eigenvalue weighted by atomic mass is 32.1. The Hall–Kier alpha value is -2.02. The molecular formula is C20H25N3O3S. The number of carbonyl (C=O) groups is 1. The highest BCUT2D eigenvalue weighted by molar-refractivity contribution is 7.80. The van der Waals surface area contributed by atoms with E-state index in [4.69, 9.17) is 12.2 Å². The molecular weight excluding hydrogens is 362 g/mol. The lowest BCUT2D eigenvalue weighted by Crippen LogP contribution is -2.48. The third-order valence-electron chi connectivity index (χ3n) is 6.55. The molecule has 4 fully saturated rings. The molecule has 4 bridgehead atoms. The SMILES string of the molecule is Cc1ccc(NC(=S)NC(=O)CC23CC4CC(CC(C4)C2)C3)c([N+](=O)[O-])c1. The smallest absolute Gasteiger partial charge is 0.292 e. The molecule has 5 rings (SSSR count). The average Bonchev–Trinajstić information content (AvgIpc) is 2.54. The largest absolute Gasteiger partial charge is 0.327 e. The number of hydrogen-bond acceptors (Lipinski definition) is 4. The summed E-state index contributed by atoms with van der Waals surface area (Å²) in [5, 5.41) is 16.9. The minimum Gasteiger partial charge on any atom is -0.327 e. The zero-order valence-electron chi connectivity index (χ0n) is 15.5. The predicted octanol–water partition coefficient (Wildman–Crippen LogP) is 4.32. The van der Waals surface area contributed by atoms with Gasteiger partial charge in [0.1, 0.15) is 5.69 Å². The van der Waals surface area contributed by atoms with Crippen LogP contribution in [0.4, 0.5) is 11.4 Å². The first-order valence-electron chi connectivity index (χ1n) is 9.68. The van der Waals surface area contributed by atoms with Gasteiger partial charge in [-0.25, -0.2) is 0 Å². The molecule has 0 aromatic heterocycles. The van der Waals surface area contributed by atoms with Crippen LogP contribution in [0.3, 0.4) is 0 Å². The molecule has 4 aliphatic carbocycles. The summed E-state index contributed by atoms with van der Waals surface area (Å²) in [5.41, 5.74) is 1.19. The molecule has 1 aromatic rings. The second-order valence-electron chi connectivity index (χ2n) is 8.87. The van der Waals surface area contributed by atoms with Gasteiger partial charge in [-0.2, -0.15) is 0 Å². The van der Waals surface area contributed by atoms with Crippen LogP contribution in [0.2, 0.25) is 0 Å². The Labute approximate surface area is 164 Å². The first-order chi connectivity index (χ1) is 12.8. The zero-order valence-corrected chi connectivity index (χ0v) is 16.3. The molecule has 7 heteroatoms. The Balaban J connectivity index is 1.38. The number of rotatable bonds is 4. The number of amides is 1. The van der Waals surface area contributed by atoms with Crippen LogP contribution in [0.15, 0.2) is 18.2 Å². The maximum absolute atomic E-state index is 12.6. The lowest BCUT2D eigenvalue weighted by atomic mass is 9.49. The van der Waals surface area contributed by atoms with Gasteiger partial charge in [0.2, 0.25) is 5.91 Å². The van der Waals surface area contributed by atoms with Crippen molar-refractivity contribution in [2.75, 3.05) is 5.32 Å². The van der Waals surface area contributed by atoms with Crippen molar-refractivity contribution >= 4 is 34.6 Å². The number of hydrogen-bond donors (Lipinski definition) is 2. The molecule has 0 heterocycles. The van der Waals surface area contributed by atoms with Crippen LogP contribution >= 0.6 is 12.2 Å². The van der Waals surface area contributed by atoms with Gasteiger partial charge in [0, 0.05) is 12.5 Å². The molecule has 0 spiro atoms. The lowest BCUT2D eigenvalue weighted by Gasteiger charge is -2.56. The van der Waals surface area contributed by atoms with Crippen molar-refractivity contribution in [3.8, 4) is 0 Å². The molecule has 0 saturated heterocycles. The molecule has 4 saturated carbocycles. The molecule has 2 N–H and O–H groups in total. The van der Waals surface area contributed by atoms with Gasteiger partial charge in [0.15, 0.2) is 5.11 Å². The van der Waals surface area contributed by atoms with Gasteiger partial charge in [0.25, 0.3) is 5.69 Å². The average molecular weight is 388 g/mol. The van der Waals surface area contributed by atoms with Gasteiger partial charge in [0.05, 0.1) is 4.92 Å². The van der Waals surface area contributed by atoms with E-state index in [9.17, 15) is 14.9 Å². The topological polar surface area (TPSA) is 84.3 Å². The fourth-order valence-corrected chi connectivity index (χ4v) is 6.29. The number of nitro benzene ring substituents is 1. The molecule has 27 heavy (non-hydrogen) atoms. The van der Waals surface area contributed by atoms with Crippen molar-refractivity contribution in [1.29, 1.82) is 0 Å². The summed E-state index contributed by atoms with van der Waals surface area (Å²) in [5.74, 6) is 2.31. The van der Waals surface area contributed by atoms with Gasteiger partial charge >= 0.3 is 0 Å². The van der Waals surface area contributed by atoms with Crippen LogP contribution in [0, 0.1) is 40.2 Å².